The summed E-state index contributed by atoms with van der Waals surface area (Å²) in [5.74, 6) is 0.461. The monoisotopic (exact) mass is 635 g/mol. The third-order valence-corrected chi connectivity index (χ3v) is 9.94. The smallest absolute Gasteiger partial charge is 0.281 e. The predicted octanol–water partition coefficient (Wildman–Crippen LogP) is 4.92. The summed E-state index contributed by atoms with van der Waals surface area (Å²) in [4.78, 5) is 32.1. The van der Waals surface area contributed by atoms with E-state index >= 15 is 0 Å². The van der Waals surface area contributed by atoms with Gasteiger partial charge in [-0.1, -0.05) is 26.8 Å². The number of amides is 1. The van der Waals surface area contributed by atoms with Crippen molar-refractivity contribution in [2.24, 2.45) is 5.92 Å². The molecule has 0 saturated carbocycles. The van der Waals surface area contributed by atoms with Crippen molar-refractivity contribution in [2.45, 2.75) is 75.9 Å². The van der Waals surface area contributed by atoms with Gasteiger partial charge < -0.3 is 19.9 Å². The molecule has 0 aliphatic carbocycles. The molecular weight excluding hydrogens is 590 g/mol. The highest BCUT2D eigenvalue weighted by Gasteiger charge is 2.41. The van der Waals surface area contributed by atoms with E-state index in [-0.39, 0.29) is 27.6 Å². The second-order valence-electron chi connectivity index (χ2n) is 13.7. The number of ether oxygens (including phenoxy) is 1. The SMILES string of the molecule is COCCN(C)c1ccnc(C2CC[C@@H]3CN(c4nc(C(C)(C)C)ccc4C(=O)NS(=O)(=O)c4cccc(n4)N2)C(C)(C)C3)c1. The molecule has 5 heterocycles. The minimum absolute atomic E-state index is 0.223. The van der Waals surface area contributed by atoms with E-state index in [1.54, 1.807) is 37.6 Å². The summed E-state index contributed by atoms with van der Waals surface area (Å²) < 4.78 is 34.5. The summed E-state index contributed by atoms with van der Waals surface area (Å²) in [7, 11) is -0.596. The fourth-order valence-corrected chi connectivity index (χ4v) is 7.11. The second kappa shape index (κ2) is 12.6. The molecule has 45 heavy (non-hydrogen) atoms. The van der Waals surface area contributed by atoms with Gasteiger partial charge in [0, 0.05) is 55.8 Å². The van der Waals surface area contributed by atoms with Crippen LogP contribution in [0.15, 0.2) is 53.7 Å². The first-order valence-electron chi connectivity index (χ1n) is 15.4. The Morgan fingerprint density at radius 3 is 2.62 bits per heavy atom. The number of hydrogen-bond acceptors (Lipinski definition) is 10. The molecule has 1 saturated heterocycles. The Hall–Kier alpha value is -3.77. The van der Waals surface area contributed by atoms with Gasteiger partial charge in [0.2, 0.25) is 0 Å². The number of carbonyl (C=O) groups excluding carboxylic acids is 1. The Labute approximate surface area is 266 Å². The van der Waals surface area contributed by atoms with Crippen LogP contribution in [0.2, 0.25) is 0 Å². The van der Waals surface area contributed by atoms with Crippen molar-refractivity contribution in [3.8, 4) is 0 Å². The first kappa shape index (κ1) is 32.6. The molecule has 11 nitrogen and oxygen atoms in total. The van der Waals surface area contributed by atoms with Crippen molar-refractivity contribution >= 4 is 33.3 Å². The van der Waals surface area contributed by atoms with Crippen molar-refractivity contribution in [1.29, 1.82) is 0 Å². The van der Waals surface area contributed by atoms with E-state index in [9.17, 15) is 13.2 Å². The molecule has 1 amide bonds. The largest absolute Gasteiger partial charge is 0.383 e. The second-order valence-corrected chi connectivity index (χ2v) is 15.4. The number of methoxy groups -OCH3 is 1. The highest BCUT2D eigenvalue weighted by molar-refractivity contribution is 7.90. The number of rotatable bonds is 5. The molecule has 242 valence electrons. The zero-order chi connectivity index (χ0) is 32.6. The summed E-state index contributed by atoms with van der Waals surface area (Å²) in [6.45, 7) is 12.5. The lowest BCUT2D eigenvalue weighted by Gasteiger charge is -2.34. The topological polar surface area (TPSA) is 130 Å². The Balaban J connectivity index is 1.58. The Kier molecular flexibility index (Phi) is 9.10. The molecule has 0 radical (unpaired) electrons. The normalized spacial score (nSPS) is 21.1. The van der Waals surface area contributed by atoms with Gasteiger partial charge in [-0.05, 0) is 75.4 Å². The van der Waals surface area contributed by atoms with Crippen LogP contribution in [-0.4, -0.2) is 68.7 Å². The van der Waals surface area contributed by atoms with Crippen LogP contribution >= 0.6 is 0 Å². The van der Waals surface area contributed by atoms with E-state index in [1.807, 2.05) is 13.1 Å². The Morgan fingerprint density at radius 1 is 1.11 bits per heavy atom. The zero-order valence-corrected chi connectivity index (χ0v) is 28.1. The molecule has 3 aromatic heterocycles. The van der Waals surface area contributed by atoms with Crippen LogP contribution in [0.25, 0.3) is 0 Å². The van der Waals surface area contributed by atoms with Crippen LogP contribution in [0.5, 0.6) is 0 Å². The van der Waals surface area contributed by atoms with Crippen LogP contribution in [0.4, 0.5) is 17.3 Å². The van der Waals surface area contributed by atoms with Gasteiger partial charge in [-0.3, -0.25) is 9.78 Å². The van der Waals surface area contributed by atoms with E-state index in [4.69, 9.17) is 14.7 Å². The molecule has 2 atom stereocenters. The van der Waals surface area contributed by atoms with Gasteiger partial charge in [-0.25, -0.2) is 14.7 Å². The Bertz CT molecular complexity index is 1650. The minimum Gasteiger partial charge on any atom is -0.383 e. The Morgan fingerprint density at radius 2 is 1.89 bits per heavy atom. The maximum absolute atomic E-state index is 13.7. The van der Waals surface area contributed by atoms with Gasteiger partial charge >= 0.3 is 0 Å². The molecule has 12 heteroatoms. The number of likely N-dealkylation sites (N-methyl/N-ethyl adjacent to an activating group) is 1. The standard InChI is InChI=1S/C33H45N7O4S/c1-32(2,3)27-14-12-24-30(36-27)40-21-22(20-33(40,4)5)11-13-25(26-19-23(15-16-34-26)39(6)17-18-44-7)35-28-9-8-10-29(37-28)45(42,43)38-31(24)41/h8-10,12,14-16,19,22,25H,11,13,17-18,20-21H2,1-7H3,(H,35,37)(H,38,41)/t22-,25?/m0/s1. The lowest BCUT2D eigenvalue weighted by molar-refractivity contribution is 0.0981. The van der Waals surface area contributed by atoms with Crippen LogP contribution < -0.4 is 19.8 Å². The molecule has 0 spiro atoms. The number of nitrogens with one attached hydrogen (secondary N) is 2. The number of pyridine rings is 3. The van der Waals surface area contributed by atoms with E-state index < -0.39 is 15.9 Å². The summed E-state index contributed by atoms with van der Waals surface area (Å²) in [6.07, 6.45) is 4.30. The maximum atomic E-state index is 13.7. The molecule has 4 bridgehead atoms. The number of hydrogen-bond donors (Lipinski definition) is 2. The van der Waals surface area contributed by atoms with Crippen molar-refractivity contribution in [3.63, 3.8) is 0 Å². The van der Waals surface area contributed by atoms with Gasteiger partial charge in [0.05, 0.1) is 23.9 Å². The van der Waals surface area contributed by atoms with E-state index in [2.05, 4.69) is 65.5 Å². The molecular formula is C33H45N7O4S. The quantitative estimate of drug-likeness (QED) is 0.398. The molecule has 2 N–H and O–H groups in total. The summed E-state index contributed by atoms with van der Waals surface area (Å²) in [5, 5.41) is 3.21. The summed E-state index contributed by atoms with van der Waals surface area (Å²) >= 11 is 0. The van der Waals surface area contributed by atoms with Gasteiger partial charge in [0.1, 0.15) is 11.6 Å². The van der Waals surface area contributed by atoms with Crippen molar-refractivity contribution < 1.29 is 17.9 Å². The fraction of sp³-hybridized carbons (Fsp3) is 0.515. The number of fused-ring (bicyclic) bond motifs is 6. The number of anilines is 3. The van der Waals surface area contributed by atoms with E-state index in [0.29, 0.717) is 30.7 Å². The van der Waals surface area contributed by atoms with Crippen molar-refractivity contribution in [2.75, 3.05) is 49.0 Å². The maximum Gasteiger partial charge on any atom is 0.281 e. The molecule has 2 aliphatic rings. The van der Waals surface area contributed by atoms with Gasteiger partial charge in [-0.15, -0.1) is 0 Å². The molecule has 0 aromatic carbocycles. The third-order valence-electron chi connectivity index (χ3n) is 8.71. The molecule has 5 rings (SSSR count). The lowest BCUT2D eigenvalue weighted by atomic mass is 9.90. The minimum atomic E-state index is -4.29. The first-order valence-corrected chi connectivity index (χ1v) is 16.9. The van der Waals surface area contributed by atoms with E-state index in [1.165, 1.54) is 6.07 Å². The van der Waals surface area contributed by atoms with Crippen LogP contribution in [-0.2, 0) is 20.2 Å². The molecule has 1 unspecified atom stereocenters. The fourth-order valence-electron chi connectivity index (χ4n) is 6.17. The van der Waals surface area contributed by atoms with Crippen LogP contribution in [0, 0.1) is 5.92 Å². The van der Waals surface area contributed by atoms with Crippen molar-refractivity contribution in [1.82, 2.24) is 19.7 Å². The number of aromatic nitrogens is 3. The molecule has 3 aromatic rings. The first-order chi connectivity index (χ1) is 21.2. The van der Waals surface area contributed by atoms with Crippen LogP contribution in [0.3, 0.4) is 0 Å². The van der Waals surface area contributed by atoms with Crippen molar-refractivity contribution in [3.05, 3.63) is 65.6 Å². The molecule has 2 aliphatic heterocycles. The van der Waals surface area contributed by atoms with Gasteiger partial charge in [0.15, 0.2) is 5.03 Å². The van der Waals surface area contributed by atoms with Crippen LogP contribution in [0.1, 0.15) is 81.7 Å². The highest BCUT2D eigenvalue weighted by atomic mass is 32.2. The van der Waals surface area contributed by atoms with Gasteiger partial charge in [0.25, 0.3) is 15.9 Å². The number of sulfonamides is 1. The number of carbonyl (C=O) groups is 1. The average molecular weight is 636 g/mol. The highest BCUT2D eigenvalue weighted by Crippen LogP contribution is 2.41. The summed E-state index contributed by atoms with van der Waals surface area (Å²) in [6, 6.07) is 12.0. The average Bonchev–Trinajstić information content (AvgIpc) is 3.30. The lowest BCUT2D eigenvalue weighted by Crippen LogP contribution is -2.41. The third kappa shape index (κ3) is 7.22. The zero-order valence-electron chi connectivity index (χ0n) is 27.3. The number of nitrogens with zero attached hydrogens (tertiary/aromatic N) is 5. The predicted molar refractivity (Wildman–Crippen MR) is 176 cm³/mol. The summed E-state index contributed by atoms with van der Waals surface area (Å²) in [5.41, 5.74) is 2.32. The van der Waals surface area contributed by atoms with Gasteiger partial charge in [-0.2, -0.15) is 8.42 Å². The molecule has 1 fully saturated rings. The van der Waals surface area contributed by atoms with E-state index in [0.717, 1.165) is 42.9 Å².